The molecule has 12 heteroatoms. The van der Waals surface area contributed by atoms with Crippen LogP contribution in [0.15, 0.2) is 30.3 Å². The summed E-state index contributed by atoms with van der Waals surface area (Å²) in [6.07, 6.45) is 1.47. The first kappa shape index (κ1) is 34.8. The molecule has 1 aromatic rings. The second-order valence-electron chi connectivity index (χ2n) is 8.65. The Hall–Kier alpha value is -1.23. The van der Waals surface area contributed by atoms with E-state index in [0.29, 0.717) is 64.8 Å². The van der Waals surface area contributed by atoms with Crippen molar-refractivity contribution in [3.63, 3.8) is 0 Å². The molecular weight excluding hydrogens is 524 g/mol. The highest BCUT2D eigenvalue weighted by molar-refractivity contribution is 6.61. The Balaban J connectivity index is 3.15. The third kappa shape index (κ3) is 12.3. The summed E-state index contributed by atoms with van der Waals surface area (Å²) in [6, 6.07) is 10.6. The largest absolute Gasteiger partial charge is 0.500 e. The Morgan fingerprint density at radius 2 is 1.08 bits per heavy atom. The van der Waals surface area contributed by atoms with E-state index in [2.05, 4.69) is 4.90 Å². The average molecular weight is 575 g/mol. The second kappa shape index (κ2) is 19.8. The van der Waals surface area contributed by atoms with Crippen molar-refractivity contribution in [1.29, 1.82) is 0 Å². The SMILES string of the molecule is CCO[Si](CCCN(CCC[Si](OCC)(OCC)OCC)C(C[N+](=O)[O-])c1ccccc1)(OCC)OCC. The van der Waals surface area contributed by atoms with Gasteiger partial charge in [0, 0.05) is 56.7 Å². The number of rotatable bonds is 24. The highest BCUT2D eigenvalue weighted by Crippen LogP contribution is 2.26. The van der Waals surface area contributed by atoms with Crippen LogP contribution < -0.4 is 0 Å². The summed E-state index contributed by atoms with van der Waals surface area (Å²) < 4.78 is 36.2. The Bertz CT molecular complexity index is 681. The maximum absolute atomic E-state index is 11.7. The molecule has 0 aromatic heterocycles. The Morgan fingerprint density at radius 3 is 1.39 bits per heavy atom. The van der Waals surface area contributed by atoms with Gasteiger partial charge in [0.2, 0.25) is 6.54 Å². The van der Waals surface area contributed by atoms with Crippen molar-refractivity contribution in [2.45, 2.75) is 72.5 Å². The fraction of sp³-hybridized carbons (Fsp3) is 0.769. The Morgan fingerprint density at radius 1 is 0.711 bits per heavy atom. The molecule has 10 nitrogen and oxygen atoms in total. The zero-order chi connectivity index (χ0) is 28.3. The molecule has 0 bridgehead atoms. The highest BCUT2D eigenvalue weighted by Gasteiger charge is 2.41. The van der Waals surface area contributed by atoms with Crippen molar-refractivity contribution in [2.24, 2.45) is 0 Å². The zero-order valence-electron chi connectivity index (χ0n) is 24.3. The lowest BCUT2D eigenvalue weighted by Gasteiger charge is -2.33. The van der Waals surface area contributed by atoms with Crippen LogP contribution in [0.25, 0.3) is 0 Å². The first-order chi connectivity index (χ1) is 18.3. The van der Waals surface area contributed by atoms with Gasteiger partial charge in [0.25, 0.3) is 0 Å². The molecule has 0 aliphatic heterocycles. The van der Waals surface area contributed by atoms with Gasteiger partial charge in [0.15, 0.2) is 0 Å². The van der Waals surface area contributed by atoms with Crippen LogP contribution >= 0.6 is 0 Å². The summed E-state index contributed by atoms with van der Waals surface area (Å²) >= 11 is 0. The summed E-state index contributed by atoms with van der Waals surface area (Å²) in [7, 11) is -5.63. The van der Waals surface area contributed by atoms with Gasteiger partial charge >= 0.3 is 17.6 Å². The molecule has 0 aliphatic rings. The number of hydrogen-bond acceptors (Lipinski definition) is 9. The van der Waals surface area contributed by atoms with Gasteiger partial charge in [0.1, 0.15) is 6.04 Å². The first-order valence-corrected chi connectivity index (χ1v) is 17.9. The van der Waals surface area contributed by atoms with Gasteiger partial charge in [-0.15, -0.1) is 0 Å². The number of nitro groups is 1. The van der Waals surface area contributed by atoms with Crippen LogP contribution in [0.3, 0.4) is 0 Å². The minimum Gasteiger partial charge on any atom is -0.374 e. The quantitative estimate of drug-likeness (QED) is 0.0938. The van der Waals surface area contributed by atoms with Crippen molar-refractivity contribution in [3.8, 4) is 0 Å². The lowest BCUT2D eigenvalue weighted by atomic mass is 10.0. The predicted molar refractivity (Wildman–Crippen MR) is 153 cm³/mol. The minimum atomic E-state index is -2.82. The number of hydrogen-bond donors (Lipinski definition) is 0. The average Bonchev–Trinajstić information content (AvgIpc) is 2.88. The molecule has 1 rings (SSSR count). The normalized spacial score (nSPS) is 13.2. The summed E-state index contributed by atoms with van der Waals surface area (Å²) in [5.41, 5.74) is 0.926. The van der Waals surface area contributed by atoms with E-state index in [0.717, 1.165) is 18.4 Å². The fourth-order valence-electron chi connectivity index (χ4n) is 4.67. The van der Waals surface area contributed by atoms with E-state index in [1.807, 2.05) is 71.9 Å². The van der Waals surface area contributed by atoms with Crippen LogP contribution in [-0.2, 0) is 26.6 Å². The molecule has 0 saturated carbocycles. The molecule has 1 unspecified atom stereocenters. The lowest BCUT2D eigenvalue weighted by molar-refractivity contribution is -0.488. The molecule has 1 atom stereocenters. The van der Waals surface area contributed by atoms with Crippen molar-refractivity contribution < 1.29 is 31.5 Å². The van der Waals surface area contributed by atoms with Crippen LogP contribution in [0.4, 0.5) is 0 Å². The van der Waals surface area contributed by atoms with Gasteiger partial charge in [0.05, 0.1) is 0 Å². The monoisotopic (exact) mass is 574 g/mol. The van der Waals surface area contributed by atoms with Gasteiger partial charge in [-0.05, 0) is 73.0 Å². The Kier molecular flexibility index (Phi) is 18.1. The molecule has 1 aromatic carbocycles. The van der Waals surface area contributed by atoms with Crippen LogP contribution in [0.2, 0.25) is 12.1 Å². The molecule has 220 valence electrons. The van der Waals surface area contributed by atoms with Crippen LogP contribution in [0, 0.1) is 10.1 Å². The molecular formula is C26H50N2O8Si2. The van der Waals surface area contributed by atoms with Gasteiger partial charge < -0.3 is 26.6 Å². The maximum Gasteiger partial charge on any atom is 0.500 e. The van der Waals surface area contributed by atoms with Crippen LogP contribution in [0.1, 0.15) is 66.0 Å². The third-order valence-electron chi connectivity index (χ3n) is 5.99. The molecule has 0 fully saturated rings. The summed E-state index contributed by atoms with van der Waals surface area (Å²) in [5.74, 6) is 0. The minimum absolute atomic E-state index is 0.181. The molecule has 0 saturated heterocycles. The first-order valence-electron chi connectivity index (χ1n) is 14.1. The van der Waals surface area contributed by atoms with E-state index < -0.39 is 17.6 Å². The number of benzene rings is 1. The fourth-order valence-corrected chi connectivity index (χ4v) is 9.86. The molecule has 0 radical (unpaired) electrons. The molecule has 38 heavy (non-hydrogen) atoms. The maximum atomic E-state index is 11.7. The van der Waals surface area contributed by atoms with Gasteiger partial charge in [-0.3, -0.25) is 15.0 Å². The smallest absolute Gasteiger partial charge is 0.374 e. The van der Waals surface area contributed by atoms with E-state index in [9.17, 15) is 10.1 Å². The summed E-state index contributed by atoms with van der Waals surface area (Å²) in [4.78, 5) is 13.7. The van der Waals surface area contributed by atoms with E-state index in [-0.39, 0.29) is 17.5 Å². The van der Waals surface area contributed by atoms with Gasteiger partial charge in [-0.1, -0.05) is 30.3 Å². The summed E-state index contributed by atoms with van der Waals surface area (Å²) in [5, 5.41) is 11.7. The standard InChI is InChI=1S/C26H50N2O8Si2/c1-7-31-37(32-8-2,33-9-3)22-16-20-27(26(24-28(29)30)25-18-14-13-15-19-25)21-17-23-38(34-10-4,35-11-5)36-12-6/h13-15,18-19,26H,7-12,16-17,20-24H2,1-6H3. The second-order valence-corrected chi connectivity index (χ2v) is 14.1. The molecule has 0 spiro atoms. The molecule has 0 N–H and O–H groups in total. The lowest BCUT2D eigenvalue weighted by Crippen LogP contribution is -2.47. The number of nitrogens with zero attached hydrogens (tertiary/aromatic N) is 2. The van der Waals surface area contributed by atoms with Crippen LogP contribution in [-0.4, -0.2) is 86.7 Å². The van der Waals surface area contributed by atoms with E-state index in [1.54, 1.807) is 0 Å². The van der Waals surface area contributed by atoms with E-state index in [4.69, 9.17) is 26.6 Å². The van der Waals surface area contributed by atoms with Crippen molar-refractivity contribution in [2.75, 3.05) is 59.3 Å². The van der Waals surface area contributed by atoms with Crippen molar-refractivity contribution in [1.82, 2.24) is 4.90 Å². The van der Waals surface area contributed by atoms with Crippen molar-refractivity contribution >= 4 is 17.6 Å². The van der Waals surface area contributed by atoms with Gasteiger partial charge in [-0.25, -0.2) is 0 Å². The van der Waals surface area contributed by atoms with Gasteiger partial charge in [-0.2, -0.15) is 0 Å². The summed E-state index contributed by atoms with van der Waals surface area (Å²) in [6.45, 7) is 15.9. The van der Waals surface area contributed by atoms with E-state index in [1.165, 1.54) is 0 Å². The van der Waals surface area contributed by atoms with Crippen molar-refractivity contribution in [3.05, 3.63) is 46.0 Å². The highest BCUT2D eigenvalue weighted by atomic mass is 28.4. The van der Waals surface area contributed by atoms with E-state index >= 15 is 0 Å². The van der Waals surface area contributed by atoms with Crippen LogP contribution in [0.5, 0.6) is 0 Å². The molecule has 0 heterocycles. The Labute approximate surface area is 231 Å². The third-order valence-corrected chi connectivity index (χ3v) is 12.3. The topological polar surface area (TPSA) is 102 Å². The zero-order valence-corrected chi connectivity index (χ0v) is 26.3. The molecule has 0 amide bonds. The molecule has 0 aliphatic carbocycles. The predicted octanol–water partition coefficient (Wildman–Crippen LogP) is 5.18.